The summed E-state index contributed by atoms with van der Waals surface area (Å²) in [6, 6.07) is 5.95. The van der Waals surface area contributed by atoms with Crippen molar-refractivity contribution in [1.82, 2.24) is 0 Å². The molecule has 0 saturated carbocycles. The van der Waals surface area contributed by atoms with E-state index < -0.39 is 5.97 Å². The van der Waals surface area contributed by atoms with Gasteiger partial charge in [0.1, 0.15) is 5.82 Å². The number of halogens is 1. The van der Waals surface area contributed by atoms with E-state index in [-0.39, 0.29) is 11.7 Å². The largest absolute Gasteiger partial charge is 0.481 e. The van der Waals surface area contributed by atoms with Gasteiger partial charge in [-0.05, 0) is 30.5 Å². The highest BCUT2D eigenvalue weighted by Gasteiger charge is 2.15. The number of rotatable bonds is 4. The fraction of sp³-hybridized carbons (Fsp3) is 0.364. The molecule has 0 aromatic heterocycles. The highest BCUT2D eigenvalue weighted by atomic mass is 19.1. The minimum atomic E-state index is -0.795. The SMILES string of the molecule is CC[C@H](Cc1ccc(F)cc1)C(=O)O. The third kappa shape index (κ3) is 2.83. The Morgan fingerprint density at radius 2 is 2.00 bits per heavy atom. The van der Waals surface area contributed by atoms with Crippen LogP contribution in [0.3, 0.4) is 0 Å². The van der Waals surface area contributed by atoms with Crippen LogP contribution in [0.15, 0.2) is 24.3 Å². The molecule has 0 unspecified atom stereocenters. The first-order chi connectivity index (χ1) is 6.63. The first kappa shape index (κ1) is 10.7. The Bertz CT molecular complexity index is 306. The summed E-state index contributed by atoms with van der Waals surface area (Å²) in [5, 5.41) is 8.82. The molecule has 76 valence electrons. The van der Waals surface area contributed by atoms with Crippen LogP contribution >= 0.6 is 0 Å². The van der Waals surface area contributed by atoms with Gasteiger partial charge in [-0.3, -0.25) is 4.79 Å². The van der Waals surface area contributed by atoms with Crippen LogP contribution in [0.4, 0.5) is 4.39 Å². The smallest absolute Gasteiger partial charge is 0.306 e. The summed E-state index contributed by atoms with van der Waals surface area (Å²) in [6.45, 7) is 1.84. The van der Waals surface area contributed by atoms with Crippen LogP contribution in [0, 0.1) is 11.7 Å². The lowest BCUT2D eigenvalue weighted by atomic mass is 9.97. The number of hydrogen-bond donors (Lipinski definition) is 1. The Hall–Kier alpha value is -1.38. The molecule has 0 aliphatic carbocycles. The van der Waals surface area contributed by atoms with Crippen molar-refractivity contribution in [2.24, 2.45) is 5.92 Å². The zero-order chi connectivity index (χ0) is 10.6. The van der Waals surface area contributed by atoms with Gasteiger partial charge in [0.15, 0.2) is 0 Å². The van der Waals surface area contributed by atoms with Crippen LogP contribution in [0.1, 0.15) is 18.9 Å². The lowest BCUT2D eigenvalue weighted by Crippen LogP contribution is -2.15. The molecule has 14 heavy (non-hydrogen) atoms. The van der Waals surface area contributed by atoms with Crippen molar-refractivity contribution in [2.45, 2.75) is 19.8 Å². The molecule has 3 heteroatoms. The van der Waals surface area contributed by atoms with E-state index in [9.17, 15) is 9.18 Å². The van der Waals surface area contributed by atoms with E-state index in [1.165, 1.54) is 12.1 Å². The van der Waals surface area contributed by atoms with Crippen LogP contribution in [-0.2, 0) is 11.2 Å². The maximum absolute atomic E-state index is 12.5. The quantitative estimate of drug-likeness (QED) is 0.803. The monoisotopic (exact) mass is 196 g/mol. The van der Waals surface area contributed by atoms with Crippen molar-refractivity contribution in [3.63, 3.8) is 0 Å². The summed E-state index contributed by atoms with van der Waals surface area (Å²) in [7, 11) is 0. The third-order valence-electron chi connectivity index (χ3n) is 2.24. The molecule has 0 spiro atoms. The van der Waals surface area contributed by atoms with Gasteiger partial charge < -0.3 is 5.11 Å². The molecule has 2 nitrogen and oxygen atoms in total. The number of carboxylic acids is 1. The second-order valence-corrected chi connectivity index (χ2v) is 3.27. The maximum Gasteiger partial charge on any atom is 0.306 e. The number of hydrogen-bond acceptors (Lipinski definition) is 1. The molecule has 0 bridgehead atoms. The van der Waals surface area contributed by atoms with Gasteiger partial charge in [0, 0.05) is 0 Å². The van der Waals surface area contributed by atoms with Crippen LogP contribution in [0.25, 0.3) is 0 Å². The van der Waals surface area contributed by atoms with Gasteiger partial charge in [0.2, 0.25) is 0 Å². The van der Waals surface area contributed by atoms with Crippen molar-refractivity contribution in [3.05, 3.63) is 35.6 Å². The molecule has 1 aromatic carbocycles. The van der Waals surface area contributed by atoms with Crippen molar-refractivity contribution in [1.29, 1.82) is 0 Å². The van der Waals surface area contributed by atoms with E-state index in [0.717, 1.165) is 5.56 Å². The van der Waals surface area contributed by atoms with E-state index >= 15 is 0 Å². The highest BCUT2D eigenvalue weighted by Crippen LogP contribution is 2.12. The summed E-state index contributed by atoms with van der Waals surface area (Å²) >= 11 is 0. The van der Waals surface area contributed by atoms with Gasteiger partial charge in [-0.1, -0.05) is 19.1 Å². The van der Waals surface area contributed by atoms with Gasteiger partial charge in [-0.15, -0.1) is 0 Å². The van der Waals surface area contributed by atoms with Crippen molar-refractivity contribution < 1.29 is 14.3 Å². The number of aliphatic carboxylic acids is 1. The van der Waals surface area contributed by atoms with E-state index in [4.69, 9.17) is 5.11 Å². The molecule has 1 atom stereocenters. The molecule has 1 rings (SSSR count). The molecule has 0 fully saturated rings. The molecular weight excluding hydrogens is 183 g/mol. The van der Waals surface area contributed by atoms with E-state index in [1.807, 2.05) is 6.92 Å². The minimum Gasteiger partial charge on any atom is -0.481 e. The number of carboxylic acid groups (broad SMARTS) is 1. The number of carbonyl (C=O) groups is 1. The average Bonchev–Trinajstić information content (AvgIpc) is 2.16. The normalized spacial score (nSPS) is 12.4. The predicted octanol–water partition coefficient (Wildman–Crippen LogP) is 2.48. The standard InChI is InChI=1S/C11H13FO2/c1-2-9(11(13)14)7-8-3-5-10(12)6-4-8/h3-6,9H,2,7H2,1H3,(H,13,14)/t9-/m1/s1. The van der Waals surface area contributed by atoms with Gasteiger partial charge in [0.25, 0.3) is 0 Å². The molecular formula is C11H13FO2. The Labute approximate surface area is 82.4 Å². The van der Waals surface area contributed by atoms with E-state index in [0.29, 0.717) is 12.8 Å². The predicted molar refractivity (Wildman–Crippen MR) is 51.5 cm³/mol. The Kier molecular flexibility index (Phi) is 3.63. The number of benzene rings is 1. The topological polar surface area (TPSA) is 37.3 Å². The van der Waals surface area contributed by atoms with Crippen LogP contribution in [0.2, 0.25) is 0 Å². The molecule has 0 radical (unpaired) electrons. The van der Waals surface area contributed by atoms with Crippen molar-refractivity contribution in [3.8, 4) is 0 Å². The van der Waals surface area contributed by atoms with E-state index in [1.54, 1.807) is 12.1 Å². The van der Waals surface area contributed by atoms with Crippen molar-refractivity contribution >= 4 is 5.97 Å². The third-order valence-corrected chi connectivity index (χ3v) is 2.24. The average molecular weight is 196 g/mol. The summed E-state index contributed by atoms with van der Waals surface area (Å²) in [5.74, 6) is -1.46. The summed E-state index contributed by atoms with van der Waals surface area (Å²) in [6.07, 6.45) is 1.05. The summed E-state index contributed by atoms with van der Waals surface area (Å²) in [4.78, 5) is 10.7. The fourth-order valence-electron chi connectivity index (χ4n) is 1.31. The first-order valence-electron chi connectivity index (χ1n) is 4.60. The van der Waals surface area contributed by atoms with Gasteiger partial charge in [-0.2, -0.15) is 0 Å². The Balaban J connectivity index is 2.67. The van der Waals surface area contributed by atoms with E-state index in [2.05, 4.69) is 0 Å². The molecule has 1 aromatic rings. The zero-order valence-electron chi connectivity index (χ0n) is 8.03. The summed E-state index contributed by atoms with van der Waals surface area (Å²) in [5.41, 5.74) is 0.862. The Morgan fingerprint density at radius 1 is 1.43 bits per heavy atom. The zero-order valence-corrected chi connectivity index (χ0v) is 8.03. The lowest BCUT2D eigenvalue weighted by molar-refractivity contribution is -0.141. The minimum absolute atomic E-state index is 0.294. The molecule has 1 N–H and O–H groups in total. The maximum atomic E-state index is 12.5. The van der Waals surface area contributed by atoms with Gasteiger partial charge in [0.05, 0.1) is 5.92 Å². The molecule has 0 aliphatic heterocycles. The van der Waals surface area contributed by atoms with Gasteiger partial charge >= 0.3 is 5.97 Å². The fourth-order valence-corrected chi connectivity index (χ4v) is 1.31. The molecule has 0 saturated heterocycles. The summed E-state index contributed by atoms with van der Waals surface area (Å²) < 4.78 is 12.5. The molecule has 0 amide bonds. The second-order valence-electron chi connectivity index (χ2n) is 3.27. The Morgan fingerprint density at radius 3 is 2.43 bits per heavy atom. The lowest BCUT2D eigenvalue weighted by Gasteiger charge is -2.08. The van der Waals surface area contributed by atoms with Gasteiger partial charge in [-0.25, -0.2) is 4.39 Å². The molecule has 0 heterocycles. The van der Waals surface area contributed by atoms with Crippen LogP contribution in [-0.4, -0.2) is 11.1 Å². The second kappa shape index (κ2) is 4.74. The molecule has 0 aliphatic rings. The van der Waals surface area contributed by atoms with Crippen molar-refractivity contribution in [2.75, 3.05) is 0 Å². The van der Waals surface area contributed by atoms with Crippen LogP contribution < -0.4 is 0 Å². The highest BCUT2D eigenvalue weighted by molar-refractivity contribution is 5.70. The first-order valence-corrected chi connectivity index (χ1v) is 4.60. The van der Waals surface area contributed by atoms with Crippen LogP contribution in [0.5, 0.6) is 0 Å².